The van der Waals surface area contributed by atoms with E-state index in [1.807, 2.05) is 0 Å². The van der Waals surface area contributed by atoms with Gasteiger partial charge in [0, 0.05) is 12.3 Å². The van der Waals surface area contributed by atoms with E-state index >= 15 is 0 Å². The number of aldehydes is 1. The van der Waals surface area contributed by atoms with Gasteiger partial charge in [0.25, 0.3) is 0 Å². The summed E-state index contributed by atoms with van der Waals surface area (Å²) in [7, 11) is 0. The molecule has 0 N–H and O–H groups in total. The third kappa shape index (κ3) is 23.8. The minimum atomic E-state index is 0.265. The smallest absolute Gasteiger partial charge is 0.132 e. The highest BCUT2D eigenvalue weighted by Gasteiger charge is 2.06. The van der Waals surface area contributed by atoms with Crippen molar-refractivity contribution < 1.29 is 9.59 Å². The Labute approximate surface area is 195 Å². The van der Waals surface area contributed by atoms with E-state index < -0.39 is 0 Å². The van der Waals surface area contributed by atoms with Crippen molar-refractivity contribution in [2.45, 2.75) is 162 Å². The minimum absolute atomic E-state index is 0.265. The summed E-state index contributed by atoms with van der Waals surface area (Å²) in [6.07, 6.45) is 30.1. The molecule has 2 heteroatoms. The van der Waals surface area contributed by atoms with Crippen LogP contribution < -0.4 is 0 Å². The molecule has 0 aromatic heterocycles. The van der Waals surface area contributed by atoms with E-state index in [4.69, 9.17) is 0 Å². The van der Waals surface area contributed by atoms with Crippen LogP contribution in [-0.4, -0.2) is 12.1 Å². The molecular formula is C29H56O2. The lowest BCUT2D eigenvalue weighted by molar-refractivity contribution is -0.120. The molecule has 0 saturated carbocycles. The Balaban J connectivity index is 3.20. The SMILES string of the molecule is CC(=O)C(C)CCCCCCCC(C)CCCCCCCCCCCCCCCC=O. The molecule has 0 rings (SSSR count). The summed E-state index contributed by atoms with van der Waals surface area (Å²) >= 11 is 0. The van der Waals surface area contributed by atoms with Crippen molar-refractivity contribution in [3.63, 3.8) is 0 Å². The molecule has 0 aromatic rings. The molecule has 0 spiro atoms. The summed E-state index contributed by atoms with van der Waals surface area (Å²) in [5, 5.41) is 0. The molecule has 0 bridgehead atoms. The molecule has 0 saturated heterocycles. The molecule has 0 aromatic carbocycles. The van der Waals surface area contributed by atoms with Crippen molar-refractivity contribution in [2.24, 2.45) is 11.8 Å². The van der Waals surface area contributed by atoms with Crippen molar-refractivity contribution in [1.29, 1.82) is 0 Å². The number of ketones is 1. The molecule has 2 atom stereocenters. The topological polar surface area (TPSA) is 34.1 Å². The fourth-order valence-electron chi connectivity index (χ4n) is 4.49. The summed E-state index contributed by atoms with van der Waals surface area (Å²) in [5.41, 5.74) is 0. The van der Waals surface area contributed by atoms with Crippen LogP contribution in [0.25, 0.3) is 0 Å². The van der Waals surface area contributed by atoms with Crippen LogP contribution in [0.4, 0.5) is 0 Å². The molecule has 0 amide bonds. The van der Waals surface area contributed by atoms with Gasteiger partial charge in [-0.3, -0.25) is 4.79 Å². The largest absolute Gasteiger partial charge is 0.303 e. The van der Waals surface area contributed by atoms with Gasteiger partial charge in [-0.05, 0) is 25.7 Å². The lowest BCUT2D eigenvalue weighted by Gasteiger charge is -2.11. The second-order valence-electron chi connectivity index (χ2n) is 10.3. The lowest BCUT2D eigenvalue weighted by atomic mass is 9.95. The van der Waals surface area contributed by atoms with Crippen LogP contribution in [0.5, 0.6) is 0 Å². The van der Waals surface area contributed by atoms with Gasteiger partial charge in [0.05, 0.1) is 0 Å². The Bertz CT molecular complexity index is 390. The van der Waals surface area contributed by atoms with E-state index in [1.54, 1.807) is 6.92 Å². The minimum Gasteiger partial charge on any atom is -0.303 e. The van der Waals surface area contributed by atoms with Crippen LogP contribution in [0.1, 0.15) is 162 Å². The van der Waals surface area contributed by atoms with Gasteiger partial charge in [0.1, 0.15) is 12.1 Å². The van der Waals surface area contributed by atoms with Crippen molar-refractivity contribution in [2.75, 3.05) is 0 Å². The highest BCUT2D eigenvalue weighted by molar-refractivity contribution is 5.77. The molecule has 0 aliphatic carbocycles. The number of carbonyl (C=O) groups excluding carboxylic acids is 2. The number of hydrogen-bond donors (Lipinski definition) is 0. The maximum atomic E-state index is 11.2. The molecule has 0 aliphatic heterocycles. The lowest BCUT2D eigenvalue weighted by Crippen LogP contribution is -2.05. The maximum absolute atomic E-state index is 11.2. The molecule has 2 unspecified atom stereocenters. The number of carbonyl (C=O) groups is 2. The number of hydrogen-bond acceptors (Lipinski definition) is 2. The predicted molar refractivity (Wildman–Crippen MR) is 137 cm³/mol. The van der Waals surface area contributed by atoms with Gasteiger partial charge in [-0.1, -0.05) is 136 Å². The maximum Gasteiger partial charge on any atom is 0.132 e. The van der Waals surface area contributed by atoms with Crippen LogP contribution >= 0.6 is 0 Å². The van der Waals surface area contributed by atoms with E-state index in [0.717, 1.165) is 31.5 Å². The second-order valence-corrected chi connectivity index (χ2v) is 10.3. The predicted octanol–water partition coefficient (Wildman–Crippen LogP) is 9.63. The molecule has 0 aliphatic rings. The standard InChI is InChI=1S/C29H56O2/c1-27(24-20-16-14-17-21-25-28(2)29(3)31)23-19-15-12-10-8-6-4-5-7-9-11-13-18-22-26-30/h26-28H,4-25H2,1-3H3. The molecular weight excluding hydrogens is 380 g/mol. The van der Waals surface area contributed by atoms with Crippen LogP contribution in [0.2, 0.25) is 0 Å². The van der Waals surface area contributed by atoms with Crippen molar-refractivity contribution in [3.8, 4) is 0 Å². The monoisotopic (exact) mass is 436 g/mol. The third-order valence-corrected chi connectivity index (χ3v) is 7.05. The van der Waals surface area contributed by atoms with Crippen LogP contribution in [0, 0.1) is 11.8 Å². The average Bonchev–Trinajstić information content (AvgIpc) is 2.75. The van der Waals surface area contributed by atoms with E-state index in [0.29, 0.717) is 5.78 Å². The van der Waals surface area contributed by atoms with Crippen molar-refractivity contribution in [1.82, 2.24) is 0 Å². The fraction of sp³-hybridized carbons (Fsp3) is 0.931. The molecule has 2 nitrogen and oxygen atoms in total. The first-order chi connectivity index (χ1) is 15.1. The normalized spacial score (nSPS) is 13.3. The summed E-state index contributed by atoms with van der Waals surface area (Å²) in [6, 6.07) is 0. The first-order valence-electron chi connectivity index (χ1n) is 14.0. The van der Waals surface area contributed by atoms with Crippen LogP contribution in [-0.2, 0) is 9.59 Å². The van der Waals surface area contributed by atoms with E-state index in [2.05, 4.69) is 13.8 Å². The zero-order chi connectivity index (χ0) is 23.0. The van der Waals surface area contributed by atoms with Gasteiger partial charge < -0.3 is 4.79 Å². The van der Waals surface area contributed by atoms with E-state index in [-0.39, 0.29) is 5.92 Å². The Hall–Kier alpha value is -0.660. The number of rotatable bonds is 25. The second kappa shape index (κ2) is 24.0. The molecule has 0 heterocycles. The van der Waals surface area contributed by atoms with Gasteiger partial charge in [-0.25, -0.2) is 0 Å². The highest BCUT2D eigenvalue weighted by atomic mass is 16.1. The first kappa shape index (κ1) is 30.3. The van der Waals surface area contributed by atoms with Gasteiger partial charge >= 0.3 is 0 Å². The Morgan fingerprint density at radius 3 is 1.23 bits per heavy atom. The zero-order valence-electron chi connectivity index (χ0n) is 21.6. The Kier molecular flexibility index (Phi) is 23.5. The van der Waals surface area contributed by atoms with Gasteiger partial charge in [0.15, 0.2) is 0 Å². The summed E-state index contributed by atoms with van der Waals surface area (Å²) < 4.78 is 0. The van der Waals surface area contributed by atoms with E-state index in [1.165, 1.54) is 122 Å². The van der Waals surface area contributed by atoms with Gasteiger partial charge in [0.2, 0.25) is 0 Å². The average molecular weight is 437 g/mol. The number of unbranched alkanes of at least 4 members (excludes halogenated alkanes) is 17. The van der Waals surface area contributed by atoms with Crippen molar-refractivity contribution >= 4 is 12.1 Å². The van der Waals surface area contributed by atoms with Crippen LogP contribution in [0.3, 0.4) is 0 Å². The third-order valence-electron chi connectivity index (χ3n) is 7.05. The first-order valence-corrected chi connectivity index (χ1v) is 14.0. The fourth-order valence-corrected chi connectivity index (χ4v) is 4.49. The van der Waals surface area contributed by atoms with E-state index in [9.17, 15) is 9.59 Å². The molecule has 31 heavy (non-hydrogen) atoms. The molecule has 184 valence electrons. The Morgan fingerprint density at radius 2 is 0.871 bits per heavy atom. The number of Topliss-reactive ketones (excluding diaryl/α,β-unsaturated/α-hetero) is 1. The summed E-state index contributed by atoms with van der Waals surface area (Å²) in [6.45, 7) is 6.23. The van der Waals surface area contributed by atoms with Gasteiger partial charge in [-0.15, -0.1) is 0 Å². The Morgan fingerprint density at radius 1 is 0.548 bits per heavy atom. The zero-order valence-corrected chi connectivity index (χ0v) is 21.6. The summed E-state index contributed by atoms with van der Waals surface area (Å²) in [4.78, 5) is 21.5. The molecule has 0 fully saturated rings. The van der Waals surface area contributed by atoms with Gasteiger partial charge in [-0.2, -0.15) is 0 Å². The highest BCUT2D eigenvalue weighted by Crippen LogP contribution is 2.19. The van der Waals surface area contributed by atoms with Crippen LogP contribution in [0.15, 0.2) is 0 Å². The van der Waals surface area contributed by atoms with Crippen molar-refractivity contribution in [3.05, 3.63) is 0 Å². The molecule has 0 radical (unpaired) electrons. The summed E-state index contributed by atoms with van der Waals surface area (Å²) in [5.74, 6) is 1.51. The quantitative estimate of drug-likeness (QED) is 0.105.